The molecule has 0 spiro atoms. The van der Waals surface area contributed by atoms with Gasteiger partial charge in [-0.3, -0.25) is 0 Å². The summed E-state index contributed by atoms with van der Waals surface area (Å²) in [5.41, 5.74) is 3.81. The number of ether oxygens (including phenoxy) is 2. The van der Waals surface area contributed by atoms with Gasteiger partial charge >= 0.3 is 0 Å². The van der Waals surface area contributed by atoms with Gasteiger partial charge in [-0.15, -0.1) is 0 Å². The van der Waals surface area contributed by atoms with Crippen molar-refractivity contribution in [3.63, 3.8) is 0 Å². The average molecular weight is 399 g/mol. The van der Waals surface area contributed by atoms with E-state index in [4.69, 9.17) is 9.47 Å². The maximum absolute atomic E-state index is 13.1. The molecule has 156 valence electrons. The summed E-state index contributed by atoms with van der Waals surface area (Å²) in [7, 11) is 3.44. The van der Waals surface area contributed by atoms with E-state index in [-0.39, 0.29) is 5.82 Å². The first-order valence-electron chi connectivity index (χ1n) is 10.7. The van der Waals surface area contributed by atoms with Crippen LogP contribution in [0.25, 0.3) is 0 Å². The first-order chi connectivity index (χ1) is 14.2. The van der Waals surface area contributed by atoms with Crippen LogP contribution in [0.15, 0.2) is 36.4 Å². The van der Waals surface area contributed by atoms with Gasteiger partial charge in [0.15, 0.2) is 11.5 Å². The van der Waals surface area contributed by atoms with E-state index in [1.54, 1.807) is 26.4 Å². The Kier molecular flexibility index (Phi) is 6.24. The maximum Gasteiger partial charge on any atom is 0.184 e. The largest absolute Gasteiger partial charge is 0.493 e. The summed E-state index contributed by atoms with van der Waals surface area (Å²) in [5.74, 6) is 1.53. The molecule has 29 heavy (non-hydrogen) atoms. The minimum atomic E-state index is -0.163. The zero-order valence-electron chi connectivity index (χ0n) is 17.5. The Hall–Kier alpha value is -2.27. The molecule has 2 heterocycles. The number of anilines is 1. The zero-order valence-corrected chi connectivity index (χ0v) is 17.5. The van der Waals surface area contributed by atoms with Crippen LogP contribution in [0.2, 0.25) is 0 Å². The smallest absolute Gasteiger partial charge is 0.184 e. The lowest BCUT2D eigenvalue weighted by atomic mass is 9.95. The Morgan fingerprint density at radius 3 is 2.41 bits per heavy atom. The van der Waals surface area contributed by atoms with Gasteiger partial charge in [0.2, 0.25) is 0 Å². The number of rotatable bonds is 6. The van der Waals surface area contributed by atoms with Gasteiger partial charge in [0.1, 0.15) is 5.82 Å². The number of halogens is 1. The molecule has 0 unspecified atom stereocenters. The molecule has 0 aromatic heterocycles. The van der Waals surface area contributed by atoms with Crippen LogP contribution in [0.4, 0.5) is 10.1 Å². The quantitative estimate of drug-likeness (QED) is 0.724. The second-order valence-corrected chi connectivity index (χ2v) is 8.06. The van der Waals surface area contributed by atoms with Gasteiger partial charge in [0.25, 0.3) is 0 Å². The van der Waals surface area contributed by atoms with E-state index in [9.17, 15) is 4.39 Å². The van der Waals surface area contributed by atoms with Gasteiger partial charge in [0, 0.05) is 32.2 Å². The molecule has 2 aromatic carbocycles. The molecule has 0 amide bonds. The summed E-state index contributed by atoms with van der Waals surface area (Å²) in [5, 5.41) is 0. The van der Waals surface area contributed by atoms with Gasteiger partial charge in [0.05, 0.1) is 19.9 Å². The Bertz CT molecular complexity index is 816. The van der Waals surface area contributed by atoms with Crippen LogP contribution in [0.5, 0.6) is 11.5 Å². The van der Waals surface area contributed by atoms with E-state index in [0.717, 1.165) is 63.4 Å². The number of hydrogen-bond donors (Lipinski definition) is 0. The monoisotopic (exact) mass is 398 g/mol. The molecule has 2 aromatic rings. The lowest BCUT2D eigenvalue weighted by molar-refractivity contribution is 0.209. The molecule has 0 N–H and O–H groups in total. The lowest BCUT2D eigenvalue weighted by Gasteiger charge is -2.43. The SMILES string of the molecule is COc1ccc2c(c1OC)N(C1CCN(CCc3ccc(F)cc3)CC1)CCC2. The molecule has 0 radical (unpaired) electrons. The number of piperidine rings is 1. The first-order valence-corrected chi connectivity index (χ1v) is 10.7. The van der Waals surface area contributed by atoms with E-state index < -0.39 is 0 Å². The highest BCUT2D eigenvalue weighted by Crippen LogP contribution is 2.44. The van der Waals surface area contributed by atoms with Crippen LogP contribution in [-0.4, -0.2) is 51.3 Å². The predicted octanol–water partition coefficient (Wildman–Crippen LogP) is 4.30. The standard InChI is InChI=1S/C24H31FN2O2/c1-28-22-10-7-19-4-3-14-27(23(19)24(22)29-2)21-12-16-26(17-13-21)15-11-18-5-8-20(25)9-6-18/h5-10,21H,3-4,11-17H2,1-2H3. The van der Waals surface area contributed by atoms with Crippen LogP contribution in [0, 0.1) is 5.82 Å². The third-order valence-corrected chi connectivity index (χ3v) is 6.36. The fourth-order valence-corrected chi connectivity index (χ4v) is 4.78. The molecular formula is C24H31FN2O2. The molecule has 0 saturated carbocycles. The van der Waals surface area contributed by atoms with Crippen molar-refractivity contribution in [3.05, 3.63) is 53.3 Å². The van der Waals surface area contributed by atoms with Gasteiger partial charge in [-0.1, -0.05) is 18.2 Å². The highest BCUT2D eigenvalue weighted by atomic mass is 19.1. The Morgan fingerprint density at radius 1 is 0.966 bits per heavy atom. The van der Waals surface area contributed by atoms with Crippen molar-refractivity contribution >= 4 is 5.69 Å². The van der Waals surface area contributed by atoms with Crippen LogP contribution in [-0.2, 0) is 12.8 Å². The van der Waals surface area contributed by atoms with Crippen LogP contribution < -0.4 is 14.4 Å². The highest BCUT2D eigenvalue weighted by molar-refractivity contribution is 5.71. The first kappa shape index (κ1) is 20.0. The Morgan fingerprint density at radius 2 is 1.72 bits per heavy atom. The van der Waals surface area contributed by atoms with Gasteiger partial charge < -0.3 is 19.3 Å². The van der Waals surface area contributed by atoms with Crippen molar-refractivity contribution < 1.29 is 13.9 Å². The van der Waals surface area contributed by atoms with Crippen molar-refractivity contribution in [1.82, 2.24) is 4.90 Å². The minimum absolute atomic E-state index is 0.163. The summed E-state index contributed by atoms with van der Waals surface area (Å²) in [6, 6.07) is 11.7. The van der Waals surface area contributed by atoms with Gasteiger partial charge in [-0.25, -0.2) is 4.39 Å². The summed E-state index contributed by atoms with van der Waals surface area (Å²) >= 11 is 0. The number of hydrogen-bond acceptors (Lipinski definition) is 4. The fourth-order valence-electron chi connectivity index (χ4n) is 4.78. The molecule has 4 nitrogen and oxygen atoms in total. The van der Waals surface area contributed by atoms with E-state index in [2.05, 4.69) is 15.9 Å². The number of likely N-dealkylation sites (tertiary alicyclic amines) is 1. The number of nitrogens with zero attached hydrogens (tertiary/aromatic N) is 2. The van der Waals surface area contributed by atoms with E-state index in [1.165, 1.54) is 23.2 Å². The van der Waals surface area contributed by atoms with Crippen molar-refractivity contribution in [2.75, 3.05) is 45.3 Å². The fraction of sp³-hybridized carbons (Fsp3) is 0.500. The average Bonchev–Trinajstić information content (AvgIpc) is 2.77. The molecule has 2 aliphatic rings. The molecule has 2 aliphatic heterocycles. The summed E-state index contributed by atoms with van der Waals surface area (Å²) < 4.78 is 24.4. The van der Waals surface area contributed by atoms with Crippen LogP contribution in [0.1, 0.15) is 30.4 Å². The molecule has 0 atom stereocenters. The summed E-state index contributed by atoms with van der Waals surface area (Å²) in [6.45, 7) is 4.32. The number of benzene rings is 2. The second kappa shape index (κ2) is 9.04. The normalized spacial score (nSPS) is 17.8. The topological polar surface area (TPSA) is 24.9 Å². The van der Waals surface area contributed by atoms with Crippen molar-refractivity contribution in [3.8, 4) is 11.5 Å². The molecule has 0 aliphatic carbocycles. The molecule has 5 heteroatoms. The second-order valence-electron chi connectivity index (χ2n) is 8.06. The molecule has 0 bridgehead atoms. The summed E-state index contributed by atoms with van der Waals surface area (Å²) in [4.78, 5) is 5.10. The van der Waals surface area contributed by atoms with Crippen molar-refractivity contribution in [2.45, 2.75) is 38.1 Å². The minimum Gasteiger partial charge on any atom is -0.493 e. The predicted molar refractivity (Wildman–Crippen MR) is 115 cm³/mol. The van der Waals surface area contributed by atoms with E-state index in [1.807, 2.05) is 18.2 Å². The number of fused-ring (bicyclic) bond motifs is 1. The maximum atomic E-state index is 13.1. The van der Waals surface area contributed by atoms with Crippen molar-refractivity contribution in [1.29, 1.82) is 0 Å². The molecule has 4 rings (SSSR count). The van der Waals surface area contributed by atoms with E-state index in [0.29, 0.717) is 6.04 Å². The lowest BCUT2D eigenvalue weighted by Crippen LogP contribution is -2.47. The summed E-state index contributed by atoms with van der Waals surface area (Å²) in [6.07, 6.45) is 5.57. The Labute approximate surface area is 173 Å². The van der Waals surface area contributed by atoms with Crippen molar-refractivity contribution in [2.24, 2.45) is 0 Å². The molecule has 1 fully saturated rings. The number of aryl methyl sites for hydroxylation is 1. The Balaban J connectivity index is 1.40. The van der Waals surface area contributed by atoms with E-state index >= 15 is 0 Å². The van der Waals surface area contributed by atoms with Crippen LogP contribution >= 0.6 is 0 Å². The zero-order chi connectivity index (χ0) is 20.2. The third-order valence-electron chi connectivity index (χ3n) is 6.36. The third kappa shape index (κ3) is 4.35. The molecular weight excluding hydrogens is 367 g/mol. The van der Waals surface area contributed by atoms with Gasteiger partial charge in [-0.05, 0) is 61.4 Å². The highest BCUT2D eigenvalue weighted by Gasteiger charge is 2.31. The molecule has 1 saturated heterocycles. The van der Waals surface area contributed by atoms with Crippen LogP contribution in [0.3, 0.4) is 0 Å². The van der Waals surface area contributed by atoms with Gasteiger partial charge in [-0.2, -0.15) is 0 Å². The number of methoxy groups -OCH3 is 2.